The summed E-state index contributed by atoms with van der Waals surface area (Å²) in [5, 5.41) is 8.90. The fourth-order valence-corrected chi connectivity index (χ4v) is 2.50. The number of carbonyl (C=O) groups is 2. The highest BCUT2D eigenvalue weighted by atomic mass is 16.2. The molecule has 1 aromatic carbocycles. The SMILES string of the molecule is CCC(=O)Nc1cccc(NC(=O)CNC2CCCC2)c1. The Hall–Kier alpha value is -1.88. The van der Waals surface area contributed by atoms with Crippen molar-refractivity contribution in [1.82, 2.24) is 5.32 Å². The molecule has 0 radical (unpaired) electrons. The molecule has 2 amide bonds. The van der Waals surface area contributed by atoms with Crippen LogP contribution in [0.5, 0.6) is 0 Å². The first kappa shape index (κ1) is 15.5. The normalized spacial score (nSPS) is 14.9. The molecule has 1 saturated carbocycles. The summed E-state index contributed by atoms with van der Waals surface area (Å²) in [5.41, 5.74) is 1.39. The second kappa shape index (κ2) is 7.78. The molecule has 0 bridgehead atoms. The number of benzene rings is 1. The third kappa shape index (κ3) is 5.19. The van der Waals surface area contributed by atoms with Crippen LogP contribution in [0, 0.1) is 0 Å². The Morgan fingerprint density at radius 1 is 1.10 bits per heavy atom. The zero-order valence-electron chi connectivity index (χ0n) is 12.4. The monoisotopic (exact) mass is 289 g/mol. The van der Waals surface area contributed by atoms with Gasteiger partial charge in [0.15, 0.2) is 0 Å². The number of amides is 2. The number of hydrogen-bond donors (Lipinski definition) is 3. The van der Waals surface area contributed by atoms with Crippen LogP contribution in [0.3, 0.4) is 0 Å². The van der Waals surface area contributed by atoms with Crippen LogP contribution in [0.1, 0.15) is 39.0 Å². The molecule has 0 heterocycles. The van der Waals surface area contributed by atoms with Gasteiger partial charge >= 0.3 is 0 Å². The van der Waals surface area contributed by atoms with Crippen molar-refractivity contribution in [2.45, 2.75) is 45.1 Å². The fourth-order valence-electron chi connectivity index (χ4n) is 2.50. The summed E-state index contributed by atoms with van der Waals surface area (Å²) in [6.07, 6.45) is 5.25. The molecular formula is C16H23N3O2. The van der Waals surface area contributed by atoms with E-state index in [1.807, 2.05) is 12.1 Å². The van der Waals surface area contributed by atoms with Crippen LogP contribution < -0.4 is 16.0 Å². The van der Waals surface area contributed by atoms with Crippen molar-refractivity contribution in [2.24, 2.45) is 0 Å². The minimum absolute atomic E-state index is 0.0404. The summed E-state index contributed by atoms with van der Waals surface area (Å²) >= 11 is 0. The van der Waals surface area contributed by atoms with Gasteiger partial charge in [-0.1, -0.05) is 25.8 Å². The van der Waals surface area contributed by atoms with E-state index >= 15 is 0 Å². The van der Waals surface area contributed by atoms with E-state index in [2.05, 4.69) is 16.0 Å². The van der Waals surface area contributed by atoms with E-state index in [1.165, 1.54) is 12.8 Å². The molecule has 2 rings (SSSR count). The van der Waals surface area contributed by atoms with Crippen LogP contribution in [0.25, 0.3) is 0 Å². The molecule has 1 aliphatic carbocycles. The van der Waals surface area contributed by atoms with Crippen molar-refractivity contribution in [3.05, 3.63) is 24.3 Å². The van der Waals surface area contributed by atoms with E-state index in [0.29, 0.717) is 30.4 Å². The average molecular weight is 289 g/mol. The molecule has 21 heavy (non-hydrogen) atoms. The molecule has 3 N–H and O–H groups in total. The molecule has 0 saturated heterocycles. The van der Waals surface area contributed by atoms with Gasteiger partial charge in [-0.2, -0.15) is 0 Å². The van der Waals surface area contributed by atoms with Crippen molar-refractivity contribution in [3.63, 3.8) is 0 Å². The molecule has 1 aromatic rings. The summed E-state index contributed by atoms with van der Waals surface area (Å²) in [6, 6.07) is 7.67. The van der Waals surface area contributed by atoms with Crippen LogP contribution in [0.15, 0.2) is 24.3 Å². The average Bonchev–Trinajstić information content (AvgIpc) is 2.98. The Morgan fingerprint density at radius 2 is 1.71 bits per heavy atom. The Labute approximate surface area is 125 Å². The smallest absolute Gasteiger partial charge is 0.238 e. The number of carbonyl (C=O) groups excluding carboxylic acids is 2. The number of anilines is 2. The lowest BCUT2D eigenvalue weighted by Gasteiger charge is -2.12. The quantitative estimate of drug-likeness (QED) is 0.753. The first-order valence-electron chi connectivity index (χ1n) is 7.60. The first-order chi connectivity index (χ1) is 10.2. The van der Waals surface area contributed by atoms with Crippen molar-refractivity contribution >= 4 is 23.2 Å². The van der Waals surface area contributed by atoms with Crippen molar-refractivity contribution in [1.29, 1.82) is 0 Å². The van der Waals surface area contributed by atoms with Gasteiger partial charge < -0.3 is 16.0 Å². The summed E-state index contributed by atoms with van der Waals surface area (Å²) in [6.45, 7) is 2.13. The topological polar surface area (TPSA) is 70.2 Å². The molecule has 114 valence electrons. The van der Waals surface area contributed by atoms with Crippen LogP contribution in [0.2, 0.25) is 0 Å². The van der Waals surface area contributed by atoms with Crippen molar-refractivity contribution < 1.29 is 9.59 Å². The lowest BCUT2D eigenvalue weighted by Crippen LogP contribution is -2.34. The highest BCUT2D eigenvalue weighted by Crippen LogP contribution is 2.18. The predicted molar refractivity (Wildman–Crippen MR) is 84.3 cm³/mol. The Balaban J connectivity index is 1.82. The number of hydrogen-bond acceptors (Lipinski definition) is 3. The van der Waals surface area contributed by atoms with Gasteiger partial charge in [0.2, 0.25) is 11.8 Å². The number of nitrogens with one attached hydrogen (secondary N) is 3. The maximum atomic E-state index is 11.9. The van der Waals surface area contributed by atoms with Gasteiger partial charge in [-0.05, 0) is 31.0 Å². The van der Waals surface area contributed by atoms with Gasteiger partial charge in [-0.3, -0.25) is 9.59 Å². The second-order valence-electron chi connectivity index (χ2n) is 5.39. The van der Waals surface area contributed by atoms with E-state index in [1.54, 1.807) is 19.1 Å². The highest BCUT2D eigenvalue weighted by Gasteiger charge is 2.15. The minimum Gasteiger partial charge on any atom is -0.326 e. The molecule has 5 nitrogen and oxygen atoms in total. The maximum Gasteiger partial charge on any atom is 0.238 e. The Kier molecular flexibility index (Phi) is 5.75. The van der Waals surface area contributed by atoms with E-state index < -0.39 is 0 Å². The summed E-state index contributed by atoms with van der Waals surface area (Å²) in [7, 11) is 0. The fraction of sp³-hybridized carbons (Fsp3) is 0.500. The van der Waals surface area contributed by atoms with Crippen LogP contribution in [-0.4, -0.2) is 24.4 Å². The molecular weight excluding hydrogens is 266 g/mol. The van der Waals surface area contributed by atoms with E-state index in [4.69, 9.17) is 0 Å². The van der Waals surface area contributed by atoms with E-state index in [0.717, 1.165) is 12.8 Å². The first-order valence-corrected chi connectivity index (χ1v) is 7.60. The predicted octanol–water partition coefficient (Wildman–Crippen LogP) is 2.51. The molecule has 5 heteroatoms. The standard InChI is InChI=1S/C16H23N3O2/c1-2-15(20)18-13-8-5-9-14(10-13)19-16(21)11-17-12-6-3-4-7-12/h5,8-10,12,17H,2-4,6-7,11H2,1H3,(H,18,20)(H,19,21). The lowest BCUT2D eigenvalue weighted by molar-refractivity contribution is -0.116. The van der Waals surface area contributed by atoms with Gasteiger partial charge in [0, 0.05) is 23.8 Å². The van der Waals surface area contributed by atoms with Gasteiger partial charge in [0.1, 0.15) is 0 Å². The minimum atomic E-state index is -0.0548. The number of rotatable bonds is 6. The van der Waals surface area contributed by atoms with Crippen LogP contribution >= 0.6 is 0 Å². The highest BCUT2D eigenvalue weighted by molar-refractivity contribution is 5.94. The van der Waals surface area contributed by atoms with Gasteiger partial charge in [0.05, 0.1) is 6.54 Å². The third-order valence-corrected chi connectivity index (χ3v) is 3.66. The molecule has 0 unspecified atom stereocenters. The van der Waals surface area contributed by atoms with Gasteiger partial charge in [-0.25, -0.2) is 0 Å². The summed E-state index contributed by atoms with van der Waals surface area (Å²) < 4.78 is 0. The molecule has 0 atom stereocenters. The molecule has 1 aliphatic rings. The van der Waals surface area contributed by atoms with Crippen LogP contribution in [0.4, 0.5) is 11.4 Å². The molecule has 0 aromatic heterocycles. The van der Waals surface area contributed by atoms with E-state index in [9.17, 15) is 9.59 Å². The third-order valence-electron chi connectivity index (χ3n) is 3.66. The Bertz CT molecular complexity index is 496. The summed E-state index contributed by atoms with van der Waals surface area (Å²) in [4.78, 5) is 23.3. The molecule has 0 aliphatic heterocycles. The van der Waals surface area contributed by atoms with Gasteiger partial charge in [0.25, 0.3) is 0 Å². The zero-order chi connectivity index (χ0) is 15.1. The Morgan fingerprint density at radius 3 is 2.33 bits per heavy atom. The second-order valence-corrected chi connectivity index (χ2v) is 5.39. The zero-order valence-corrected chi connectivity index (χ0v) is 12.4. The lowest BCUT2D eigenvalue weighted by atomic mass is 10.2. The maximum absolute atomic E-state index is 11.9. The van der Waals surface area contributed by atoms with Gasteiger partial charge in [-0.15, -0.1) is 0 Å². The van der Waals surface area contributed by atoms with Crippen molar-refractivity contribution in [2.75, 3.05) is 17.2 Å². The van der Waals surface area contributed by atoms with E-state index in [-0.39, 0.29) is 11.8 Å². The van der Waals surface area contributed by atoms with Crippen LogP contribution in [-0.2, 0) is 9.59 Å². The molecule has 0 spiro atoms. The summed E-state index contributed by atoms with van der Waals surface area (Å²) in [5.74, 6) is -0.0951. The van der Waals surface area contributed by atoms with Crippen molar-refractivity contribution in [3.8, 4) is 0 Å². The largest absolute Gasteiger partial charge is 0.326 e. The molecule has 1 fully saturated rings.